The van der Waals surface area contributed by atoms with E-state index in [1.807, 2.05) is 6.07 Å². The van der Waals surface area contributed by atoms with Crippen LogP contribution in [0.5, 0.6) is 0 Å². The fraction of sp³-hybridized carbons (Fsp3) is 0. The highest BCUT2D eigenvalue weighted by atomic mass is 79.9. The predicted octanol–water partition coefficient (Wildman–Crippen LogP) is 2.19. The predicted molar refractivity (Wildman–Crippen MR) is 54.9 cm³/mol. The number of allylic oxidation sites excluding steroid dienone is 1. The normalized spacial score (nSPS) is 8.21. The number of hydrogen-bond acceptors (Lipinski definition) is 4. The van der Waals surface area contributed by atoms with Crippen LogP contribution in [0, 0.1) is 22.7 Å². The Morgan fingerprint density at radius 3 is 2.64 bits per heavy atom. The third-order valence-electron chi connectivity index (χ3n) is 1.33. The van der Waals surface area contributed by atoms with Crippen LogP contribution in [0.25, 0.3) is 0 Å². The largest absolute Gasteiger partial charge is 0.345 e. The van der Waals surface area contributed by atoms with E-state index in [9.17, 15) is 0 Å². The van der Waals surface area contributed by atoms with Crippen LogP contribution in [0.3, 0.4) is 0 Å². The summed E-state index contributed by atoms with van der Waals surface area (Å²) < 4.78 is 0.868. The lowest BCUT2D eigenvalue weighted by Gasteiger charge is -1.98. The quantitative estimate of drug-likeness (QED) is 0.815. The van der Waals surface area contributed by atoms with Gasteiger partial charge in [0.25, 0.3) is 0 Å². The van der Waals surface area contributed by atoms with E-state index in [-0.39, 0.29) is 5.57 Å². The van der Waals surface area contributed by atoms with E-state index < -0.39 is 0 Å². The van der Waals surface area contributed by atoms with Crippen molar-refractivity contribution in [3.05, 3.63) is 34.6 Å². The van der Waals surface area contributed by atoms with Gasteiger partial charge in [0.15, 0.2) is 0 Å². The molecule has 0 aliphatic rings. The monoisotopic (exact) mass is 248 g/mol. The number of nitrogens with one attached hydrogen (secondary N) is 1. The molecule has 4 nitrogen and oxygen atoms in total. The molecule has 1 rings (SSSR count). The molecular formula is C9H5BrN4. The molecule has 1 aromatic heterocycles. The van der Waals surface area contributed by atoms with Crippen LogP contribution < -0.4 is 5.32 Å². The number of anilines is 1. The molecule has 1 heterocycles. The van der Waals surface area contributed by atoms with Crippen LogP contribution in [0.2, 0.25) is 0 Å². The first kappa shape index (κ1) is 10.2. The maximum absolute atomic E-state index is 8.44. The average Bonchev–Trinajstić information content (AvgIpc) is 2.22. The summed E-state index contributed by atoms with van der Waals surface area (Å²) in [5.41, 5.74) is 0.00900. The van der Waals surface area contributed by atoms with Crippen molar-refractivity contribution in [2.45, 2.75) is 0 Å². The minimum Gasteiger partial charge on any atom is -0.345 e. The summed E-state index contributed by atoms with van der Waals surface area (Å²) in [5, 5.41) is 19.6. The maximum Gasteiger partial charge on any atom is 0.145 e. The van der Waals surface area contributed by atoms with Crippen molar-refractivity contribution < 1.29 is 0 Å². The van der Waals surface area contributed by atoms with E-state index in [1.165, 1.54) is 6.20 Å². The second-order valence-electron chi connectivity index (χ2n) is 2.29. The van der Waals surface area contributed by atoms with Crippen molar-refractivity contribution in [3.8, 4) is 12.1 Å². The van der Waals surface area contributed by atoms with Gasteiger partial charge in [-0.05, 0) is 28.1 Å². The van der Waals surface area contributed by atoms with Crippen molar-refractivity contribution in [2.24, 2.45) is 0 Å². The van der Waals surface area contributed by atoms with Gasteiger partial charge in [-0.25, -0.2) is 4.98 Å². The molecule has 5 heteroatoms. The van der Waals surface area contributed by atoms with Crippen molar-refractivity contribution in [1.82, 2.24) is 4.98 Å². The van der Waals surface area contributed by atoms with E-state index in [4.69, 9.17) is 10.5 Å². The summed E-state index contributed by atoms with van der Waals surface area (Å²) in [4.78, 5) is 4.00. The molecule has 0 atom stereocenters. The fourth-order valence-electron chi connectivity index (χ4n) is 0.697. The van der Waals surface area contributed by atoms with Crippen LogP contribution in [-0.4, -0.2) is 4.98 Å². The standard InChI is InChI=1S/C9H5BrN4/c10-8-1-2-9(14-6-8)13-5-7(3-11)4-12/h1-2,5-6H,(H,13,14). The molecule has 0 fully saturated rings. The average molecular weight is 249 g/mol. The third kappa shape index (κ3) is 2.89. The molecule has 0 amide bonds. The van der Waals surface area contributed by atoms with Crippen molar-refractivity contribution in [1.29, 1.82) is 10.5 Å². The lowest BCUT2D eigenvalue weighted by atomic mass is 10.3. The third-order valence-corrected chi connectivity index (χ3v) is 1.80. The Kier molecular flexibility index (Phi) is 3.66. The van der Waals surface area contributed by atoms with E-state index >= 15 is 0 Å². The molecule has 0 spiro atoms. The van der Waals surface area contributed by atoms with Crippen molar-refractivity contribution >= 4 is 21.7 Å². The van der Waals surface area contributed by atoms with E-state index in [1.54, 1.807) is 24.4 Å². The number of rotatable bonds is 2. The molecule has 0 aliphatic heterocycles. The lowest BCUT2D eigenvalue weighted by Crippen LogP contribution is -1.92. The number of hydrogen-bond donors (Lipinski definition) is 1. The van der Waals surface area contributed by atoms with Crippen molar-refractivity contribution in [3.63, 3.8) is 0 Å². The smallest absolute Gasteiger partial charge is 0.145 e. The lowest BCUT2D eigenvalue weighted by molar-refractivity contribution is 1.29. The second kappa shape index (κ2) is 5.00. The summed E-state index contributed by atoms with van der Waals surface area (Å²) in [6.45, 7) is 0. The zero-order chi connectivity index (χ0) is 10.4. The van der Waals surface area contributed by atoms with E-state index in [0.29, 0.717) is 5.82 Å². The van der Waals surface area contributed by atoms with Crippen LogP contribution >= 0.6 is 15.9 Å². The Morgan fingerprint density at radius 2 is 2.14 bits per heavy atom. The number of pyridine rings is 1. The van der Waals surface area contributed by atoms with Gasteiger partial charge in [0, 0.05) is 16.9 Å². The maximum atomic E-state index is 8.44. The van der Waals surface area contributed by atoms with Gasteiger partial charge in [-0.15, -0.1) is 0 Å². The van der Waals surface area contributed by atoms with Crippen LogP contribution in [0.4, 0.5) is 5.82 Å². The van der Waals surface area contributed by atoms with E-state index in [0.717, 1.165) is 4.47 Å². The first-order valence-electron chi connectivity index (χ1n) is 3.64. The van der Waals surface area contributed by atoms with Crippen LogP contribution in [0.1, 0.15) is 0 Å². The van der Waals surface area contributed by atoms with Crippen molar-refractivity contribution in [2.75, 3.05) is 5.32 Å². The highest BCUT2D eigenvalue weighted by Crippen LogP contribution is 2.10. The SMILES string of the molecule is N#CC(C#N)=CNc1ccc(Br)cn1. The molecule has 1 N–H and O–H groups in total. The topological polar surface area (TPSA) is 72.5 Å². The zero-order valence-electron chi connectivity index (χ0n) is 7.03. The minimum atomic E-state index is 0.00900. The summed E-state index contributed by atoms with van der Waals surface area (Å²) in [6, 6.07) is 7.00. The molecule has 0 saturated carbocycles. The molecule has 0 aliphatic carbocycles. The van der Waals surface area contributed by atoms with Gasteiger partial charge in [-0.1, -0.05) is 0 Å². The molecule has 14 heavy (non-hydrogen) atoms. The Hall–Kier alpha value is -1.85. The summed E-state index contributed by atoms with van der Waals surface area (Å²) in [5.74, 6) is 0.580. The Morgan fingerprint density at radius 1 is 1.43 bits per heavy atom. The van der Waals surface area contributed by atoms with Crippen LogP contribution in [0.15, 0.2) is 34.6 Å². The molecule has 1 aromatic rings. The van der Waals surface area contributed by atoms with Gasteiger partial charge in [0.2, 0.25) is 0 Å². The molecule has 0 aromatic carbocycles. The minimum absolute atomic E-state index is 0.00900. The molecule has 0 saturated heterocycles. The molecule has 0 radical (unpaired) electrons. The summed E-state index contributed by atoms with van der Waals surface area (Å²) in [6.07, 6.45) is 2.94. The Balaban J connectivity index is 2.73. The molecule has 68 valence electrons. The number of aromatic nitrogens is 1. The highest BCUT2D eigenvalue weighted by molar-refractivity contribution is 9.10. The number of halogens is 1. The molecular weight excluding hydrogens is 244 g/mol. The van der Waals surface area contributed by atoms with Gasteiger partial charge in [-0.2, -0.15) is 10.5 Å². The fourth-order valence-corrected chi connectivity index (χ4v) is 0.931. The summed E-state index contributed by atoms with van der Waals surface area (Å²) >= 11 is 3.24. The molecule has 0 unspecified atom stereocenters. The van der Waals surface area contributed by atoms with Crippen LogP contribution in [-0.2, 0) is 0 Å². The van der Waals surface area contributed by atoms with Gasteiger partial charge >= 0.3 is 0 Å². The second-order valence-corrected chi connectivity index (χ2v) is 3.20. The first-order chi connectivity index (χ1) is 6.76. The van der Waals surface area contributed by atoms with Gasteiger partial charge in [0.1, 0.15) is 23.5 Å². The zero-order valence-corrected chi connectivity index (χ0v) is 8.62. The number of nitrogens with zero attached hydrogens (tertiary/aromatic N) is 3. The van der Waals surface area contributed by atoms with Gasteiger partial charge in [0.05, 0.1) is 0 Å². The van der Waals surface area contributed by atoms with Gasteiger partial charge < -0.3 is 5.32 Å². The highest BCUT2D eigenvalue weighted by Gasteiger charge is 1.93. The van der Waals surface area contributed by atoms with Gasteiger partial charge in [-0.3, -0.25) is 0 Å². The molecule has 0 bridgehead atoms. The summed E-state index contributed by atoms with van der Waals surface area (Å²) in [7, 11) is 0. The van der Waals surface area contributed by atoms with E-state index in [2.05, 4.69) is 26.2 Å². The first-order valence-corrected chi connectivity index (χ1v) is 4.44. The number of nitriles is 2. The Labute approximate surface area is 89.6 Å². The Bertz CT molecular complexity index is 406.